The van der Waals surface area contributed by atoms with Gasteiger partial charge in [0.2, 0.25) is 10.0 Å². The quantitative estimate of drug-likeness (QED) is 0.541. The molecule has 7 heteroatoms. The van der Waals surface area contributed by atoms with Crippen LogP contribution in [0.3, 0.4) is 0 Å². The van der Waals surface area contributed by atoms with E-state index in [4.69, 9.17) is 0 Å². The smallest absolute Gasteiger partial charge is 0.212 e. The summed E-state index contributed by atoms with van der Waals surface area (Å²) in [5, 5.41) is 0.623. The normalized spacial score (nSPS) is 18.5. The summed E-state index contributed by atoms with van der Waals surface area (Å²) in [5.41, 5.74) is 0.903. The molecule has 0 spiro atoms. The average molecular weight is 472 g/mol. The van der Waals surface area contributed by atoms with E-state index < -0.39 is 15.4 Å². The SMILES string of the molecule is CC(c1ccc(F)cc1)(c1ccc(F)cc1)[C@H]1CCCN1S(=O)(=O)CCCBr. The van der Waals surface area contributed by atoms with Crippen LogP contribution in [-0.2, 0) is 15.4 Å². The minimum atomic E-state index is -3.43. The molecule has 1 heterocycles. The van der Waals surface area contributed by atoms with Crippen LogP contribution in [0.5, 0.6) is 0 Å². The zero-order valence-electron chi connectivity index (χ0n) is 15.7. The molecular weight excluding hydrogens is 448 g/mol. The van der Waals surface area contributed by atoms with Gasteiger partial charge in [0.1, 0.15) is 11.6 Å². The molecule has 0 radical (unpaired) electrons. The lowest BCUT2D eigenvalue weighted by Crippen LogP contribution is -2.49. The second-order valence-electron chi connectivity index (χ2n) is 7.34. The van der Waals surface area contributed by atoms with E-state index in [0.717, 1.165) is 17.5 Å². The fourth-order valence-electron chi connectivity index (χ4n) is 4.15. The highest BCUT2D eigenvalue weighted by Crippen LogP contribution is 2.43. The summed E-state index contributed by atoms with van der Waals surface area (Å²) in [6.45, 7) is 2.43. The van der Waals surface area contributed by atoms with Gasteiger partial charge in [-0.05, 0) is 61.6 Å². The number of hydrogen-bond acceptors (Lipinski definition) is 2. The largest absolute Gasteiger partial charge is 0.214 e. The highest BCUT2D eigenvalue weighted by molar-refractivity contribution is 9.09. The predicted octanol–water partition coefficient (Wildman–Crippen LogP) is 4.85. The van der Waals surface area contributed by atoms with Crippen molar-refractivity contribution in [2.45, 2.75) is 37.6 Å². The van der Waals surface area contributed by atoms with Gasteiger partial charge in [-0.2, -0.15) is 4.31 Å². The van der Waals surface area contributed by atoms with Gasteiger partial charge in [-0.1, -0.05) is 40.2 Å². The fraction of sp³-hybridized carbons (Fsp3) is 0.429. The lowest BCUT2D eigenvalue weighted by atomic mass is 9.70. The third kappa shape index (κ3) is 4.16. The van der Waals surface area contributed by atoms with Crippen molar-refractivity contribution in [2.24, 2.45) is 0 Å². The van der Waals surface area contributed by atoms with Gasteiger partial charge in [0.15, 0.2) is 0 Å². The van der Waals surface area contributed by atoms with Crippen LogP contribution in [0.25, 0.3) is 0 Å². The number of hydrogen-bond donors (Lipinski definition) is 0. The molecule has 1 saturated heterocycles. The van der Waals surface area contributed by atoms with Gasteiger partial charge in [-0.25, -0.2) is 17.2 Å². The monoisotopic (exact) mass is 471 g/mol. The number of nitrogens with zero attached hydrogens (tertiary/aromatic N) is 1. The molecular formula is C21H24BrF2NO2S. The number of halogens is 3. The standard InChI is InChI=1S/C21H24BrF2NO2S/c1-21(16-5-9-18(23)10-6-16,17-7-11-19(24)12-8-17)20-4-2-14-25(20)28(26,27)15-3-13-22/h5-12,20H,2-4,13-15H2,1H3/t20-/m1/s1. The van der Waals surface area contributed by atoms with Gasteiger partial charge in [-0.3, -0.25) is 0 Å². The Morgan fingerprint density at radius 3 is 2.00 bits per heavy atom. The topological polar surface area (TPSA) is 37.4 Å². The van der Waals surface area contributed by atoms with Gasteiger partial charge in [0.05, 0.1) is 5.75 Å². The Balaban J connectivity index is 2.10. The zero-order chi connectivity index (χ0) is 20.4. The average Bonchev–Trinajstić information content (AvgIpc) is 3.18. The Labute approximate surface area is 173 Å². The molecule has 0 N–H and O–H groups in total. The van der Waals surface area contributed by atoms with Crippen LogP contribution in [0.4, 0.5) is 8.78 Å². The lowest BCUT2D eigenvalue weighted by molar-refractivity contribution is 0.290. The maximum atomic E-state index is 13.6. The molecule has 152 valence electrons. The molecule has 2 aromatic rings. The van der Waals surface area contributed by atoms with Crippen molar-refractivity contribution in [3.8, 4) is 0 Å². The molecule has 3 rings (SSSR count). The van der Waals surface area contributed by atoms with Crippen molar-refractivity contribution in [3.05, 3.63) is 71.3 Å². The van der Waals surface area contributed by atoms with Gasteiger partial charge < -0.3 is 0 Å². The highest BCUT2D eigenvalue weighted by Gasteiger charge is 2.47. The van der Waals surface area contributed by atoms with Crippen LogP contribution < -0.4 is 0 Å². The molecule has 1 aliphatic heterocycles. The predicted molar refractivity (Wildman–Crippen MR) is 111 cm³/mol. The van der Waals surface area contributed by atoms with Crippen LogP contribution in [0, 0.1) is 11.6 Å². The van der Waals surface area contributed by atoms with E-state index in [2.05, 4.69) is 15.9 Å². The van der Waals surface area contributed by atoms with Crippen molar-refractivity contribution in [1.82, 2.24) is 4.31 Å². The number of sulfonamides is 1. The van der Waals surface area contributed by atoms with Crippen LogP contribution >= 0.6 is 15.9 Å². The van der Waals surface area contributed by atoms with Crippen molar-refractivity contribution in [1.29, 1.82) is 0 Å². The maximum Gasteiger partial charge on any atom is 0.214 e. The number of benzene rings is 2. The fourth-order valence-corrected chi connectivity index (χ4v) is 6.65. The molecule has 1 fully saturated rings. The Morgan fingerprint density at radius 2 is 1.54 bits per heavy atom. The van der Waals surface area contributed by atoms with Crippen molar-refractivity contribution < 1.29 is 17.2 Å². The summed E-state index contributed by atoms with van der Waals surface area (Å²) in [6.07, 6.45) is 1.99. The first-order valence-corrected chi connectivity index (χ1v) is 12.1. The summed E-state index contributed by atoms with van der Waals surface area (Å²) >= 11 is 3.30. The number of rotatable bonds is 7. The Hall–Kier alpha value is -1.31. The van der Waals surface area contributed by atoms with Crippen LogP contribution in [0.15, 0.2) is 48.5 Å². The van der Waals surface area contributed by atoms with Crippen molar-refractivity contribution in [3.63, 3.8) is 0 Å². The van der Waals surface area contributed by atoms with Gasteiger partial charge >= 0.3 is 0 Å². The molecule has 0 amide bonds. The van der Waals surface area contributed by atoms with E-state index in [0.29, 0.717) is 24.7 Å². The molecule has 2 aromatic carbocycles. The van der Waals surface area contributed by atoms with Gasteiger partial charge in [0.25, 0.3) is 0 Å². The second-order valence-corrected chi connectivity index (χ2v) is 10.2. The summed E-state index contributed by atoms with van der Waals surface area (Å²) in [7, 11) is -3.43. The zero-order valence-corrected chi connectivity index (χ0v) is 18.1. The second kappa shape index (κ2) is 8.59. The minimum Gasteiger partial charge on any atom is -0.212 e. The van der Waals surface area contributed by atoms with E-state index in [1.165, 1.54) is 24.3 Å². The molecule has 1 atom stereocenters. The first-order chi connectivity index (χ1) is 13.3. The van der Waals surface area contributed by atoms with E-state index in [-0.39, 0.29) is 23.4 Å². The minimum absolute atomic E-state index is 0.0810. The molecule has 0 aliphatic carbocycles. The maximum absolute atomic E-state index is 13.6. The Kier molecular flexibility index (Phi) is 6.57. The molecule has 0 bridgehead atoms. The summed E-state index contributed by atoms with van der Waals surface area (Å²) < 4.78 is 54.7. The van der Waals surface area contributed by atoms with E-state index in [1.54, 1.807) is 28.6 Å². The highest BCUT2D eigenvalue weighted by atomic mass is 79.9. The summed E-state index contributed by atoms with van der Waals surface area (Å²) in [5.74, 6) is -0.616. The Bertz CT molecular complexity index is 856. The molecule has 28 heavy (non-hydrogen) atoms. The molecule has 0 aromatic heterocycles. The third-order valence-corrected chi connectivity index (χ3v) is 8.17. The van der Waals surface area contributed by atoms with E-state index >= 15 is 0 Å². The van der Waals surface area contributed by atoms with Crippen molar-refractivity contribution in [2.75, 3.05) is 17.6 Å². The summed E-state index contributed by atoms with van der Waals surface area (Å²) in [6, 6.07) is 12.0. The molecule has 0 unspecified atom stereocenters. The summed E-state index contributed by atoms with van der Waals surface area (Å²) in [4.78, 5) is 0. The van der Waals surface area contributed by atoms with E-state index in [9.17, 15) is 17.2 Å². The first-order valence-electron chi connectivity index (χ1n) is 9.36. The van der Waals surface area contributed by atoms with Gasteiger partial charge in [0, 0.05) is 23.3 Å². The van der Waals surface area contributed by atoms with Gasteiger partial charge in [-0.15, -0.1) is 0 Å². The lowest BCUT2D eigenvalue weighted by Gasteiger charge is -2.41. The Morgan fingerprint density at radius 1 is 1.04 bits per heavy atom. The molecule has 0 saturated carbocycles. The van der Waals surface area contributed by atoms with Crippen LogP contribution in [0.2, 0.25) is 0 Å². The van der Waals surface area contributed by atoms with Crippen LogP contribution in [0.1, 0.15) is 37.3 Å². The molecule has 3 nitrogen and oxygen atoms in total. The number of alkyl halides is 1. The van der Waals surface area contributed by atoms with Crippen molar-refractivity contribution >= 4 is 26.0 Å². The van der Waals surface area contributed by atoms with Crippen LogP contribution in [-0.4, -0.2) is 36.4 Å². The first kappa shape index (κ1) is 21.4. The molecule has 1 aliphatic rings. The third-order valence-electron chi connectivity index (χ3n) is 5.65. The van der Waals surface area contributed by atoms with E-state index in [1.807, 2.05) is 6.92 Å².